The monoisotopic (exact) mass is 404 g/mol. The predicted molar refractivity (Wildman–Crippen MR) is 116 cm³/mol. The molecule has 5 aromatic rings. The molecule has 2 aromatic heterocycles. The van der Waals surface area contributed by atoms with Crippen LogP contribution in [0, 0.1) is 0 Å². The van der Waals surface area contributed by atoms with E-state index in [2.05, 4.69) is 10.3 Å². The average Bonchev–Trinajstić information content (AvgIpc) is 3.15. The second kappa shape index (κ2) is 6.82. The summed E-state index contributed by atoms with van der Waals surface area (Å²) >= 11 is 12.7. The second-order valence-electron chi connectivity index (χ2n) is 6.38. The van der Waals surface area contributed by atoms with Gasteiger partial charge in [0.15, 0.2) is 5.82 Å². The van der Waals surface area contributed by atoms with Gasteiger partial charge in [-0.25, -0.2) is 9.97 Å². The number of anilines is 2. The topological polar surface area (TPSA) is 42.7 Å². The van der Waals surface area contributed by atoms with Gasteiger partial charge in [-0.05, 0) is 42.5 Å². The van der Waals surface area contributed by atoms with Crippen molar-refractivity contribution in [3.8, 4) is 5.69 Å². The number of hydrogen-bond donors (Lipinski definition) is 1. The first-order chi connectivity index (χ1) is 13.7. The second-order valence-corrected chi connectivity index (χ2v) is 7.22. The average molecular weight is 405 g/mol. The van der Waals surface area contributed by atoms with Crippen molar-refractivity contribution in [2.45, 2.75) is 0 Å². The summed E-state index contributed by atoms with van der Waals surface area (Å²) in [7, 11) is 0. The Labute approximate surface area is 171 Å². The van der Waals surface area contributed by atoms with E-state index in [1.54, 1.807) is 6.33 Å². The lowest BCUT2D eigenvalue weighted by atomic mass is 10.1. The van der Waals surface area contributed by atoms with Gasteiger partial charge in [-0.1, -0.05) is 53.5 Å². The zero-order chi connectivity index (χ0) is 19.1. The number of halogens is 2. The Kier molecular flexibility index (Phi) is 4.15. The van der Waals surface area contributed by atoms with E-state index >= 15 is 0 Å². The smallest absolute Gasteiger partial charge is 0.159 e. The minimum absolute atomic E-state index is 0.645. The van der Waals surface area contributed by atoms with Gasteiger partial charge in [0.05, 0.1) is 21.7 Å². The normalized spacial score (nSPS) is 11.2. The summed E-state index contributed by atoms with van der Waals surface area (Å²) < 4.78 is 1.98. The standard InChI is InChI=1S/C22H14Cl2N4/c23-14-10-11-18-16(12-14)21-20(22(27-18)26-15-6-2-1-3-7-15)25-13-28(21)19-9-5-4-8-17(19)24/h1-13H,(H,26,27). The summed E-state index contributed by atoms with van der Waals surface area (Å²) in [5, 5.41) is 5.58. The molecule has 0 unspecified atom stereocenters. The molecule has 6 heteroatoms. The van der Waals surface area contributed by atoms with Gasteiger partial charge in [0.1, 0.15) is 11.8 Å². The molecule has 0 amide bonds. The SMILES string of the molecule is Clc1ccc2nc(Nc3ccccc3)c3ncn(-c4ccccc4Cl)c3c2c1. The number of aromatic nitrogens is 3. The molecule has 28 heavy (non-hydrogen) atoms. The van der Waals surface area contributed by atoms with E-state index in [9.17, 15) is 0 Å². The van der Waals surface area contributed by atoms with Crippen LogP contribution in [0.5, 0.6) is 0 Å². The van der Waals surface area contributed by atoms with E-state index in [0.717, 1.165) is 33.3 Å². The van der Waals surface area contributed by atoms with Crippen LogP contribution in [-0.4, -0.2) is 14.5 Å². The minimum Gasteiger partial charge on any atom is -0.338 e. The molecule has 0 bridgehead atoms. The molecule has 0 radical (unpaired) electrons. The van der Waals surface area contributed by atoms with Crippen LogP contribution in [0.15, 0.2) is 79.1 Å². The Morgan fingerprint density at radius 3 is 2.46 bits per heavy atom. The molecule has 0 saturated carbocycles. The molecular formula is C22H14Cl2N4. The van der Waals surface area contributed by atoms with Crippen LogP contribution in [0.25, 0.3) is 27.6 Å². The van der Waals surface area contributed by atoms with Gasteiger partial charge in [-0.3, -0.25) is 4.57 Å². The number of nitrogens with zero attached hydrogens (tertiary/aromatic N) is 3. The molecule has 2 heterocycles. The van der Waals surface area contributed by atoms with E-state index in [-0.39, 0.29) is 0 Å². The summed E-state index contributed by atoms with van der Waals surface area (Å²) in [6, 6.07) is 23.3. The zero-order valence-electron chi connectivity index (χ0n) is 14.6. The number of rotatable bonds is 3. The highest BCUT2D eigenvalue weighted by Crippen LogP contribution is 2.34. The van der Waals surface area contributed by atoms with Crippen LogP contribution in [-0.2, 0) is 0 Å². The van der Waals surface area contributed by atoms with E-state index in [0.29, 0.717) is 15.9 Å². The Morgan fingerprint density at radius 1 is 0.857 bits per heavy atom. The van der Waals surface area contributed by atoms with Crippen molar-refractivity contribution in [1.29, 1.82) is 0 Å². The predicted octanol–water partition coefficient (Wildman–Crippen LogP) is 6.62. The Bertz CT molecular complexity index is 1310. The number of fused-ring (bicyclic) bond motifs is 3. The molecule has 1 N–H and O–H groups in total. The molecule has 0 saturated heterocycles. The van der Waals surface area contributed by atoms with Gasteiger partial charge in [0, 0.05) is 16.1 Å². The summed E-state index contributed by atoms with van der Waals surface area (Å²) in [5.41, 5.74) is 4.27. The van der Waals surface area contributed by atoms with Crippen molar-refractivity contribution in [2.24, 2.45) is 0 Å². The first-order valence-corrected chi connectivity index (χ1v) is 9.49. The van der Waals surface area contributed by atoms with Crippen molar-refractivity contribution >= 4 is 56.6 Å². The summed E-state index contributed by atoms with van der Waals surface area (Å²) in [6.07, 6.45) is 1.77. The maximum absolute atomic E-state index is 6.46. The zero-order valence-corrected chi connectivity index (χ0v) is 16.1. The van der Waals surface area contributed by atoms with Crippen molar-refractivity contribution < 1.29 is 0 Å². The molecule has 136 valence electrons. The van der Waals surface area contributed by atoms with Crippen LogP contribution >= 0.6 is 23.2 Å². The van der Waals surface area contributed by atoms with Crippen LogP contribution in [0.3, 0.4) is 0 Å². The first kappa shape index (κ1) is 17.0. The molecule has 0 aliphatic heterocycles. The van der Waals surface area contributed by atoms with Gasteiger partial charge >= 0.3 is 0 Å². The van der Waals surface area contributed by atoms with E-state index in [4.69, 9.17) is 28.2 Å². The quantitative estimate of drug-likeness (QED) is 0.367. The molecule has 0 aliphatic carbocycles. The molecule has 0 spiro atoms. The van der Waals surface area contributed by atoms with Crippen molar-refractivity contribution in [3.63, 3.8) is 0 Å². The third-order valence-electron chi connectivity index (χ3n) is 4.59. The van der Waals surface area contributed by atoms with E-state index in [1.807, 2.05) is 77.4 Å². The fourth-order valence-corrected chi connectivity index (χ4v) is 3.72. The number of imidazole rings is 1. The van der Waals surface area contributed by atoms with Crippen LogP contribution in [0.2, 0.25) is 10.0 Å². The summed E-state index contributed by atoms with van der Waals surface area (Å²) in [4.78, 5) is 9.44. The van der Waals surface area contributed by atoms with Crippen LogP contribution in [0.4, 0.5) is 11.5 Å². The maximum Gasteiger partial charge on any atom is 0.159 e. The lowest BCUT2D eigenvalue weighted by Crippen LogP contribution is -1.98. The Morgan fingerprint density at radius 2 is 1.64 bits per heavy atom. The highest BCUT2D eigenvalue weighted by Gasteiger charge is 2.16. The molecular weight excluding hydrogens is 391 g/mol. The highest BCUT2D eigenvalue weighted by atomic mass is 35.5. The third kappa shape index (κ3) is 2.87. The van der Waals surface area contributed by atoms with Crippen LogP contribution < -0.4 is 5.32 Å². The molecule has 3 aromatic carbocycles. The van der Waals surface area contributed by atoms with Gasteiger partial charge in [-0.2, -0.15) is 0 Å². The fourth-order valence-electron chi connectivity index (χ4n) is 3.32. The largest absolute Gasteiger partial charge is 0.338 e. The minimum atomic E-state index is 0.645. The van der Waals surface area contributed by atoms with Gasteiger partial charge in [0.2, 0.25) is 0 Å². The molecule has 0 fully saturated rings. The number of benzene rings is 3. The van der Waals surface area contributed by atoms with Gasteiger partial charge in [0.25, 0.3) is 0 Å². The van der Waals surface area contributed by atoms with Crippen molar-refractivity contribution in [1.82, 2.24) is 14.5 Å². The van der Waals surface area contributed by atoms with E-state index < -0.39 is 0 Å². The maximum atomic E-state index is 6.46. The molecule has 4 nitrogen and oxygen atoms in total. The molecule has 0 atom stereocenters. The lowest BCUT2D eigenvalue weighted by Gasteiger charge is -2.12. The van der Waals surface area contributed by atoms with E-state index in [1.165, 1.54) is 0 Å². The van der Waals surface area contributed by atoms with Gasteiger partial charge in [-0.15, -0.1) is 0 Å². The summed E-state index contributed by atoms with van der Waals surface area (Å²) in [5.74, 6) is 0.682. The lowest BCUT2D eigenvalue weighted by molar-refractivity contribution is 1.10. The number of hydrogen-bond acceptors (Lipinski definition) is 3. The first-order valence-electron chi connectivity index (χ1n) is 8.74. The Hall–Kier alpha value is -3.08. The third-order valence-corrected chi connectivity index (χ3v) is 5.14. The highest BCUT2D eigenvalue weighted by molar-refractivity contribution is 6.33. The van der Waals surface area contributed by atoms with Crippen molar-refractivity contribution in [3.05, 3.63) is 89.2 Å². The fraction of sp³-hybridized carbons (Fsp3) is 0. The number of para-hydroxylation sites is 2. The van der Waals surface area contributed by atoms with Gasteiger partial charge < -0.3 is 5.32 Å². The molecule has 0 aliphatic rings. The van der Waals surface area contributed by atoms with Crippen LogP contribution in [0.1, 0.15) is 0 Å². The number of pyridine rings is 1. The molecule has 5 rings (SSSR count). The Balaban J connectivity index is 1.83. The summed E-state index contributed by atoms with van der Waals surface area (Å²) in [6.45, 7) is 0. The van der Waals surface area contributed by atoms with Crippen molar-refractivity contribution in [2.75, 3.05) is 5.32 Å². The number of nitrogens with one attached hydrogen (secondary N) is 1.